The first-order valence-corrected chi connectivity index (χ1v) is 8.67. The van der Waals surface area contributed by atoms with Crippen LogP contribution in [-0.2, 0) is 10.0 Å². The van der Waals surface area contributed by atoms with E-state index in [1.165, 1.54) is 30.6 Å². The number of ether oxygens (including phenoxy) is 1. The van der Waals surface area contributed by atoms with Crippen molar-refractivity contribution in [1.82, 2.24) is 14.8 Å². The molecule has 0 unspecified atom stereocenters. The molecule has 2 heterocycles. The maximum atomic E-state index is 13.7. The molecule has 2 aromatic heterocycles. The molecule has 0 atom stereocenters. The molecule has 1 N–H and O–H groups in total. The maximum Gasteiger partial charge on any atom is 0.573 e. The minimum atomic E-state index is -4.88. The molecule has 0 bridgehead atoms. The van der Waals surface area contributed by atoms with Gasteiger partial charge < -0.3 is 4.74 Å². The van der Waals surface area contributed by atoms with Gasteiger partial charge in [0.25, 0.3) is 10.0 Å². The summed E-state index contributed by atoms with van der Waals surface area (Å²) in [6.45, 7) is 0. The Morgan fingerprint density at radius 1 is 1.07 bits per heavy atom. The quantitative estimate of drug-likeness (QED) is 0.663. The highest BCUT2D eigenvalue weighted by molar-refractivity contribution is 7.92. The van der Waals surface area contributed by atoms with Gasteiger partial charge in [0.05, 0.1) is 4.90 Å². The van der Waals surface area contributed by atoms with E-state index in [4.69, 9.17) is 0 Å². The summed E-state index contributed by atoms with van der Waals surface area (Å²) in [6, 6.07) is 7.44. The first-order chi connectivity index (χ1) is 12.6. The number of hydrogen-bond donors (Lipinski definition) is 1. The number of rotatable bonds is 5. The summed E-state index contributed by atoms with van der Waals surface area (Å²) in [5.74, 6) is -1.47. The summed E-state index contributed by atoms with van der Waals surface area (Å²) < 4.78 is 81.6. The Labute approximate surface area is 150 Å². The summed E-state index contributed by atoms with van der Waals surface area (Å²) >= 11 is 0. The van der Waals surface area contributed by atoms with E-state index in [-0.39, 0.29) is 16.5 Å². The number of nitrogens with one attached hydrogen (secondary N) is 1. The van der Waals surface area contributed by atoms with Gasteiger partial charge in [-0.3, -0.25) is 4.72 Å². The zero-order valence-corrected chi connectivity index (χ0v) is 14.0. The lowest BCUT2D eigenvalue weighted by Crippen LogP contribution is -2.17. The van der Waals surface area contributed by atoms with Gasteiger partial charge in [-0.05, 0) is 36.4 Å². The van der Waals surface area contributed by atoms with Crippen LogP contribution in [0, 0.1) is 5.82 Å². The van der Waals surface area contributed by atoms with Gasteiger partial charge in [-0.2, -0.15) is 0 Å². The van der Waals surface area contributed by atoms with Gasteiger partial charge in [-0.15, -0.1) is 18.3 Å². The van der Waals surface area contributed by atoms with E-state index in [2.05, 4.69) is 19.5 Å². The fourth-order valence-corrected chi connectivity index (χ4v) is 3.06. The van der Waals surface area contributed by atoms with Crippen molar-refractivity contribution in [3.05, 3.63) is 60.7 Å². The van der Waals surface area contributed by atoms with E-state index in [9.17, 15) is 26.0 Å². The molecule has 0 aliphatic carbocycles. The standard InChI is InChI=1S/C15H10F4N4O3S/c16-12-2-1-8-20-14(12)23-9-7-13(21-23)22-27(24,25)11-5-3-10(4-6-11)26-15(17,18)19/h1-9H,(H,21,22). The van der Waals surface area contributed by atoms with Gasteiger partial charge in [0.2, 0.25) is 0 Å². The van der Waals surface area contributed by atoms with Crippen molar-refractivity contribution in [2.45, 2.75) is 11.3 Å². The number of sulfonamides is 1. The molecule has 0 aliphatic rings. The van der Waals surface area contributed by atoms with Crippen molar-refractivity contribution >= 4 is 15.8 Å². The van der Waals surface area contributed by atoms with Crippen molar-refractivity contribution in [2.24, 2.45) is 0 Å². The Balaban J connectivity index is 1.78. The predicted octanol–water partition coefficient (Wildman–Crippen LogP) is 3.11. The van der Waals surface area contributed by atoms with Crippen LogP contribution in [0.2, 0.25) is 0 Å². The minimum Gasteiger partial charge on any atom is -0.406 e. The molecule has 0 spiro atoms. The van der Waals surface area contributed by atoms with E-state index in [1.54, 1.807) is 0 Å². The Morgan fingerprint density at radius 2 is 1.78 bits per heavy atom. The van der Waals surface area contributed by atoms with E-state index >= 15 is 0 Å². The van der Waals surface area contributed by atoms with Crippen LogP contribution in [0.1, 0.15) is 0 Å². The highest BCUT2D eigenvalue weighted by Gasteiger charge is 2.31. The second kappa shape index (κ2) is 6.87. The SMILES string of the molecule is O=S(=O)(Nc1ccn(-c2ncccc2F)n1)c1ccc(OC(F)(F)F)cc1. The van der Waals surface area contributed by atoms with Gasteiger partial charge in [-0.1, -0.05) is 0 Å². The lowest BCUT2D eigenvalue weighted by molar-refractivity contribution is -0.274. The molecule has 0 saturated carbocycles. The van der Waals surface area contributed by atoms with Crippen LogP contribution in [0.5, 0.6) is 5.75 Å². The Kier molecular flexibility index (Phi) is 4.74. The normalized spacial score (nSPS) is 12.0. The Hall–Kier alpha value is -3.15. The Bertz CT molecular complexity index is 1050. The summed E-state index contributed by atoms with van der Waals surface area (Å²) in [7, 11) is -4.13. The third-order valence-corrected chi connectivity index (χ3v) is 4.52. The van der Waals surface area contributed by atoms with Crippen LogP contribution in [0.25, 0.3) is 5.82 Å². The topological polar surface area (TPSA) is 86.1 Å². The first-order valence-electron chi connectivity index (χ1n) is 7.19. The summed E-state index contributed by atoms with van der Waals surface area (Å²) in [4.78, 5) is 3.49. The van der Waals surface area contributed by atoms with Gasteiger partial charge in [0, 0.05) is 18.5 Å². The van der Waals surface area contributed by atoms with Crippen molar-refractivity contribution in [1.29, 1.82) is 0 Å². The smallest absolute Gasteiger partial charge is 0.406 e. The summed E-state index contributed by atoms with van der Waals surface area (Å²) in [5, 5.41) is 3.87. The molecule has 0 radical (unpaired) electrons. The van der Waals surface area contributed by atoms with Crippen LogP contribution >= 0.6 is 0 Å². The molecule has 27 heavy (non-hydrogen) atoms. The first kappa shape index (κ1) is 18.6. The molecule has 12 heteroatoms. The molecule has 142 valence electrons. The lowest BCUT2D eigenvalue weighted by atomic mass is 10.3. The average molecular weight is 402 g/mol. The average Bonchev–Trinajstić information content (AvgIpc) is 3.02. The predicted molar refractivity (Wildman–Crippen MR) is 85.3 cm³/mol. The van der Waals surface area contributed by atoms with E-state index < -0.39 is 28.0 Å². The minimum absolute atomic E-state index is 0.128. The zero-order chi connectivity index (χ0) is 19.7. The third kappa shape index (κ3) is 4.53. The maximum absolute atomic E-state index is 13.7. The molecule has 0 saturated heterocycles. The fourth-order valence-electron chi connectivity index (χ4n) is 2.06. The molecule has 3 aromatic rings. The van der Waals surface area contributed by atoms with Gasteiger partial charge in [-0.25, -0.2) is 22.5 Å². The molecule has 0 amide bonds. The van der Waals surface area contributed by atoms with Crippen LogP contribution in [0.15, 0.2) is 59.8 Å². The molecule has 0 aliphatic heterocycles. The van der Waals surface area contributed by atoms with E-state index in [0.29, 0.717) is 0 Å². The van der Waals surface area contributed by atoms with E-state index in [0.717, 1.165) is 28.9 Å². The molecular formula is C15H10F4N4O3S. The highest BCUT2D eigenvalue weighted by Crippen LogP contribution is 2.24. The number of pyridine rings is 1. The molecular weight excluding hydrogens is 392 g/mol. The van der Waals surface area contributed by atoms with Gasteiger partial charge in [0.1, 0.15) is 5.75 Å². The van der Waals surface area contributed by atoms with Crippen molar-refractivity contribution in [3.8, 4) is 11.6 Å². The van der Waals surface area contributed by atoms with Crippen molar-refractivity contribution in [2.75, 3.05) is 4.72 Å². The van der Waals surface area contributed by atoms with Crippen molar-refractivity contribution in [3.63, 3.8) is 0 Å². The molecule has 3 rings (SSSR count). The number of halogens is 4. The van der Waals surface area contributed by atoms with Crippen molar-refractivity contribution < 1.29 is 30.7 Å². The Morgan fingerprint density at radius 3 is 2.41 bits per heavy atom. The van der Waals surface area contributed by atoms with Crippen LogP contribution in [0.4, 0.5) is 23.4 Å². The second-order valence-corrected chi connectivity index (χ2v) is 6.76. The van der Waals surface area contributed by atoms with Crippen LogP contribution < -0.4 is 9.46 Å². The number of aromatic nitrogens is 3. The van der Waals surface area contributed by atoms with Gasteiger partial charge in [0.15, 0.2) is 17.5 Å². The monoisotopic (exact) mass is 402 g/mol. The molecule has 7 nitrogen and oxygen atoms in total. The zero-order valence-electron chi connectivity index (χ0n) is 13.2. The third-order valence-electron chi connectivity index (χ3n) is 3.15. The van der Waals surface area contributed by atoms with Crippen LogP contribution in [0.3, 0.4) is 0 Å². The van der Waals surface area contributed by atoms with Crippen LogP contribution in [-0.4, -0.2) is 29.5 Å². The second-order valence-electron chi connectivity index (χ2n) is 5.08. The summed E-state index contributed by atoms with van der Waals surface area (Å²) in [6.07, 6.45) is -2.25. The van der Waals surface area contributed by atoms with Gasteiger partial charge >= 0.3 is 6.36 Å². The highest BCUT2D eigenvalue weighted by atomic mass is 32.2. The lowest BCUT2D eigenvalue weighted by Gasteiger charge is -2.10. The molecule has 0 fully saturated rings. The largest absolute Gasteiger partial charge is 0.573 e. The fraction of sp³-hybridized carbons (Fsp3) is 0.0667. The molecule has 1 aromatic carbocycles. The van der Waals surface area contributed by atoms with E-state index in [1.807, 2.05) is 0 Å². The number of nitrogens with zero attached hydrogens (tertiary/aromatic N) is 3. The number of hydrogen-bond acceptors (Lipinski definition) is 5. The summed E-state index contributed by atoms with van der Waals surface area (Å²) in [5.41, 5.74) is 0. The number of alkyl halides is 3. The number of benzene rings is 1. The number of anilines is 1.